The second-order valence-corrected chi connectivity index (χ2v) is 7.70. The molecule has 5 rings (SSSR count). The van der Waals surface area contributed by atoms with E-state index >= 15 is 0 Å². The van der Waals surface area contributed by atoms with Crippen molar-refractivity contribution >= 4 is 17.2 Å². The van der Waals surface area contributed by atoms with Crippen LogP contribution in [0.25, 0.3) is 16.8 Å². The summed E-state index contributed by atoms with van der Waals surface area (Å²) in [7, 11) is 0. The van der Waals surface area contributed by atoms with E-state index in [0.29, 0.717) is 17.2 Å². The van der Waals surface area contributed by atoms with Crippen molar-refractivity contribution in [1.82, 2.24) is 9.38 Å². The van der Waals surface area contributed by atoms with Crippen LogP contribution < -0.4 is 10.1 Å². The van der Waals surface area contributed by atoms with Gasteiger partial charge in [-0.15, -0.1) is 0 Å². The van der Waals surface area contributed by atoms with E-state index in [1.165, 1.54) is 22.7 Å². The van der Waals surface area contributed by atoms with E-state index in [1.807, 2.05) is 6.07 Å². The lowest BCUT2D eigenvalue weighted by molar-refractivity contribution is -0.690. The highest BCUT2D eigenvalue weighted by molar-refractivity contribution is 6.29. The van der Waals surface area contributed by atoms with E-state index < -0.39 is 29.2 Å². The summed E-state index contributed by atoms with van der Waals surface area (Å²) in [6.45, 7) is 0. The Kier molecular flexibility index (Phi) is 4.30. The standard InChI is InChI=1S/C22H13ClF3N3O2/c23-17-7-6-14(11-27-17)16-10-13-4-2-8-28-19(13)29(16)21(31)18(20(28)30)12-3-1-5-15(9-12)22(24,25)26/h1-9,11,16H,10H2/p+1. The maximum absolute atomic E-state index is 13.2. The first kappa shape index (κ1) is 19.6. The summed E-state index contributed by atoms with van der Waals surface area (Å²) in [6, 6.07) is 10.9. The van der Waals surface area contributed by atoms with Crippen molar-refractivity contribution in [3.05, 3.63) is 93.1 Å². The molecule has 0 spiro atoms. The molecular formula is C22H14ClF3N3O2+. The van der Waals surface area contributed by atoms with Gasteiger partial charge < -0.3 is 5.11 Å². The zero-order valence-corrected chi connectivity index (χ0v) is 16.5. The maximum Gasteiger partial charge on any atom is 0.416 e. The highest BCUT2D eigenvalue weighted by Crippen LogP contribution is 2.35. The van der Waals surface area contributed by atoms with Crippen molar-refractivity contribution in [2.45, 2.75) is 18.6 Å². The highest BCUT2D eigenvalue weighted by atomic mass is 35.5. The Hall–Kier alpha value is -3.39. The lowest BCUT2D eigenvalue weighted by Gasteiger charge is -2.14. The lowest BCUT2D eigenvalue weighted by Crippen LogP contribution is -2.42. The minimum absolute atomic E-state index is 0.0132. The molecule has 5 nitrogen and oxygen atoms in total. The number of benzene rings is 1. The lowest BCUT2D eigenvalue weighted by atomic mass is 10.0. The number of halogens is 4. The first-order chi connectivity index (χ1) is 14.8. The zero-order valence-electron chi connectivity index (χ0n) is 15.8. The summed E-state index contributed by atoms with van der Waals surface area (Å²) >= 11 is 5.89. The van der Waals surface area contributed by atoms with Crippen molar-refractivity contribution in [3.8, 4) is 17.0 Å². The third-order valence-electron chi connectivity index (χ3n) is 5.50. The highest BCUT2D eigenvalue weighted by Gasteiger charge is 2.39. The average Bonchev–Trinajstić information content (AvgIpc) is 3.13. The molecule has 0 saturated carbocycles. The Morgan fingerprint density at radius 2 is 1.97 bits per heavy atom. The third kappa shape index (κ3) is 3.06. The molecule has 156 valence electrons. The summed E-state index contributed by atoms with van der Waals surface area (Å²) in [5.74, 6) is -0.394. The van der Waals surface area contributed by atoms with Crippen molar-refractivity contribution in [3.63, 3.8) is 0 Å². The van der Waals surface area contributed by atoms with Gasteiger partial charge in [0.25, 0.3) is 11.5 Å². The van der Waals surface area contributed by atoms with Crippen LogP contribution in [0.1, 0.15) is 22.7 Å². The molecule has 0 aliphatic carbocycles. The van der Waals surface area contributed by atoms with Gasteiger partial charge in [0.05, 0.1) is 11.8 Å². The van der Waals surface area contributed by atoms with Gasteiger partial charge in [0, 0.05) is 23.7 Å². The Morgan fingerprint density at radius 3 is 2.68 bits per heavy atom. The fourth-order valence-corrected chi connectivity index (χ4v) is 4.24. The van der Waals surface area contributed by atoms with E-state index in [-0.39, 0.29) is 11.1 Å². The number of alkyl halides is 3. The molecule has 1 aromatic carbocycles. The molecule has 3 aromatic heterocycles. The summed E-state index contributed by atoms with van der Waals surface area (Å²) in [6.07, 6.45) is -0.979. The molecule has 1 N–H and O–H groups in total. The Bertz CT molecular complexity index is 1400. The molecule has 0 fully saturated rings. The van der Waals surface area contributed by atoms with Crippen LogP contribution in [-0.4, -0.2) is 14.5 Å². The molecule has 9 heteroatoms. The predicted octanol–water partition coefficient (Wildman–Crippen LogP) is 4.17. The molecule has 1 atom stereocenters. The number of aromatic hydroxyl groups is 1. The van der Waals surface area contributed by atoms with E-state index in [0.717, 1.165) is 23.3 Å². The van der Waals surface area contributed by atoms with Crippen molar-refractivity contribution in [1.29, 1.82) is 0 Å². The van der Waals surface area contributed by atoms with Crippen LogP contribution in [-0.2, 0) is 12.6 Å². The van der Waals surface area contributed by atoms with Crippen LogP contribution in [0.5, 0.6) is 5.88 Å². The molecular weight excluding hydrogens is 431 g/mol. The normalized spacial score (nSPS) is 15.5. The molecule has 4 aromatic rings. The van der Waals surface area contributed by atoms with Gasteiger partial charge in [0.2, 0.25) is 0 Å². The molecule has 31 heavy (non-hydrogen) atoms. The number of hydrogen-bond donors (Lipinski definition) is 1. The van der Waals surface area contributed by atoms with E-state index in [2.05, 4.69) is 4.98 Å². The first-order valence-corrected chi connectivity index (χ1v) is 9.73. The number of aromatic nitrogens is 3. The van der Waals surface area contributed by atoms with Gasteiger partial charge in [0.1, 0.15) is 11.2 Å². The Balaban J connectivity index is 1.81. The number of hydrogen-bond acceptors (Lipinski definition) is 3. The van der Waals surface area contributed by atoms with Gasteiger partial charge in [-0.25, -0.2) is 9.78 Å². The fraction of sp³-hybridized carbons (Fsp3) is 0.136. The van der Waals surface area contributed by atoms with Gasteiger partial charge in [-0.2, -0.15) is 22.1 Å². The number of pyridine rings is 2. The van der Waals surface area contributed by atoms with Crippen molar-refractivity contribution in [2.24, 2.45) is 0 Å². The van der Waals surface area contributed by atoms with Crippen LogP contribution in [0, 0.1) is 0 Å². The van der Waals surface area contributed by atoms with Gasteiger partial charge >= 0.3 is 11.7 Å². The molecule has 0 saturated heterocycles. The van der Waals surface area contributed by atoms with E-state index in [1.54, 1.807) is 29.0 Å². The minimum Gasteiger partial charge on any atom is -0.477 e. The molecule has 4 heterocycles. The van der Waals surface area contributed by atoms with Crippen molar-refractivity contribution < 1.29 is 22.8 Å². The number of nitrogens with zero attached hydrogens (tertiary/aromatic N) is 3. The molecule has 1 unspecified atom stereocenters. The van der Waals surface area contributed by atoms with Crippen LogP contribution in [0.2, 0.25) is 5.15 Å². The maximum atomic E-state index is 13.2. The summed E-state index contributed by atoms with van der Waals surface area (Å²) < 4.78 is 42.6. The van der Waals surface area contributed by atoms with Crippen LogP contribution >= 0.6 is 11.6 Å². The molecule has 0 radical (unpaired) electrons. The second kappa shape index (κ2) is 6.81. The fourth-order valence-electron chi connectivity index (χ4n) is 4.13. The first-order valence-electron chi connectivity index (χ1n) is 9.35. The topological polar surface area (TPSA) is 58.5 Å². The summed E-state index contributed by atoms with van der Waals surface area (Å²) in [5, 5.41) is 11.5. The van der Waals surface area contributed by atoms with Crippen LogP contribution in [0.4, 0.5) is 13.2 Å². The third-order valence-corrected chi connectivity index (χ3v) is 5.72. The second-order valence-electron chi connectivity index (χ2n) is 7.31. The monoisotopic (exact) mass is 444 g/mol. The molecule has 1 aliphatic heterocycles. The quantitative estimate of drug-likeness (QED) is 0.373. The smallest absolute Gasteiger partial charge is 0.416 e. The predicted molar refractivity (Wildman–Crippen MR) is 107 cm³/mol. The van der Waals surface area contributed by atoms with E-state index in [4.69, 9.17) is 11.6 Å². The number of rotatable bonds is 2. The summed E-state index contributed by atoms with van der Waals surface area (Å²) in [4.78, 5) is 17.3. The molecule has 0 amide bonds. The van der Waals surface area contributed by atoms with Gasteiger partial charge in [-0.05, 0) is 35.9 Å². The van der Waals surface area contributed by atoms with Gasteiger partial charge in [0.15, 0.2) is 5.56 Å². The Labute approximate surface area is 178 Å². The zero-order chi connectivity index (χ0) is 21.9. The van der Waals surface area contributed by atoms with Crippen LogP contribution in [0.3, 0.4) is 0 Å². The van der Waals surface area contributed by atoms with Crippen molar-refractivity contribution in [2.75, 3.05) is 0 Å². The molecule has 0 bridgehead atoms. The van der Waals surface area contributed by atoms with Gasteiger partial charge in [-0.1, -0.05) is 29.8 Å². The average molecular weight is 445 g/mol. The van der Waals surface area contributed by atoms with E-state index in [9.17, 15) is 23.1 Å². The largest absolute Gasteiger partial charge is 0.477 e. The van der Waals surface area contributed by atoms with Gasteiger partial charge in [-0.3, -0.25) is 0 Å². The Morgan fingerprint density at radius 1 is 1.16 bits per heavy atom. The minimum atomic E-state index is -4.58. The SMILES string of the molecule is O=c1c(-c2cccc(C(F)(F)F)c2)c(O)[n+]2c3c(cccn13)CC2c1ccc(Cl)nc1. The molecule has 1 aliphatic rings. The summed E-state index contributed by atoms with van der Waals surface area (Å²) in [5.41, 5.74) is 0.347. The van der Waals surface area contributed by atoms with Crippen LogP contribution in [0.15, 0.2) is 65.7 Å².